The number of nitriles is 1. The van der Waals surface area contributed by atoms with Crippen LogP contribution >= 0.6 is 0 Å². The summed E-state index contributed by atoms with van der Waals surface area (Å²) in [5.74, 6) is -0.645. The molecule has 2 heterocycles. The molecule has 4 rings (SSSR count). The number of nitrogens with zero attached hydrogens (tertiary/aromatic N) is 3. The van der Waals surface area contributed by atoms with Crippen molar-refractivity contribution in [3.8, 4) is 6.07 Å². The minimum Gasteiger partial charge on any atom is -0.342 e. The SMILES string of the molecule is Cc1c(C=C2CCN(C(=O)C3CCCC3)CC2)cc(F)cc1NC(=O)c1cc(C#N)n(C)c(=O)c1. The van der Waals surface area contributed by atoms with E-state index in [1.54, 1.807) is 6.92 Å². The standard InChI is InChI=1S/C27H29FN4O3/c1-17-20(11-18-7-9-32(10-8-18)27(35)19-5-3-4-6-19)12-22(28)15-24(17)30-26(34)21-13-23(16-29)31(2)25(33)14-21/h11-15,19H,3-10H2,1-2H3,(H,30,34). The van der Waals surface area contributed by atoms with Crippen LogP contribution in [0.2, 0.25) is 0 Å². The van der Waals surface area contributed by atoms with Gasteiger partial charge in [-0.05, 0) is 61.9 Å². The fourth-order valence-corrected chi connectivity index (χ4v) is 4.86. The van der Waals surface area contributed by atoms with Crippen LogP contribution in [0.3, 0.4) is 0 Å². The largest absolute Gasteiger partial charge is 0.342 e. The van der Waals surface area contributed by atoms with Crippen LogP contribution in [-0.2, 0) is 11.8 Å². The number of rotatable bonds is 4. The lowest BCUT2D eigenvalue weighted by molar-refractivity contribution is -0.135. The highest BCUT2D eigenvalue weighted by Crippen LogP contribution is 2.30. The zero-order valence-electron chi connectivity index (χ0n) is 20.1. The summed E-state index contributed by atoms with van der Waals surface area (Å²) in [6.07, 6.45) is 7.66. The zero-order chi connectivity index (χ0) is 25.1. The van der Waals surface area contributed by atoms with E-state index in [1.807, 2.05) is 17.0 Å². The summed E-state index contributed by atoms with van der Waals surface area (Å²) in [6, 6.07) is 7.03. The van der Waals surface area contributed by atoms with Crippen LogP contribution in [0.15, 0.2) is 34.6 Å². The Hall–Kier alpha value is -3.73. The van der Waals surface area contributed by atoms with Gasteiger partial charge in [-0.15, -0.1) is 0 Å². The van der Waals surface area contributed by atoms with Crippen LogP contribution < -0.4 is 10.9 Å². The number of likely N-dealkylation sites (tertiary alicyclic amines) is 1. The highest BCUT2D eigenvalue weighted by Gasteiger charge is 2.28. The number of nitrogens with one attached hydrogen (secondary N) is 1. The normalized spacial score (nSPS) is 16.2. The Labute approximate surface area is 203 Å². The van der Waals surface area contributed by atoms with Crippen molar-refractivity contribution < 1.29 is 14.0 Å². The number of piperidine rings is 1. The number of hydrogen-bond donors (Lipinski definition) is 1. The van der Waals surface area contributed by atoms with Crippen molar-refractivity contribution in [3.63, 3.8) is 0 Å². The van der Waals surface area contributed by atoms with Crippen LogP contribution in [0.5, 0.6) is 0 Å². The molecule has 1 aliphatic heterocycles. The maximum absolute atomic E-state index is 14.5. The Bertz CT molecular complexity index is 1290. The Balaban J connectivity index is 1.50. The quantitative estimate of drug-likeness (QED) is 0.717. The van der Waals surface area contributed by atoms with E-state index >= 15 is 0 Å². The van der Waals surface area contributed by atoms with Gasteiger partial charge < -0.3 is 14.8 Å². The van der Waals surface area contributed by atoms with Gasteiger partial charge in [-0.1, -0.05) is 24.5 Å². The molecular weight excluding hydrogens is 447 g/mol. The van der Waals surface area contributed by atoms with E-state index in [2.05, 4.69) is 5.32 Å². The van der Waals surface area contributed by atoms with Crippen LogP contribution in [0, 0.1) is 30.0 Å². The molecule has 1 aromatic heterocycles. The lowest BCUT2D eigenvalue weighted by Crippen LogP contribution is -2.39. The van der Waals surface area contributed by atoms with Crippen LogP contribution in [0.4, 0.5) is 10.1 Å². The average molecular weight is 477 g/mol. The third kappa shape index (κ3) is 5.35. The van der Waals surface area contributed by atoms with Crippen LogP contribution in [0.25, 0.3) is 6.08 Å². The molecule has 2 amide bonds. The summed E-state index contributed by atoms with van der Waals surface area (Å²) in [5.41, 5.74) is 2.41. The second kappa shape index (κ2) is 10.3. The van der Waals surface area contributed by atoms with Crippen LogP contribution in [0.1, 0.15) is 65.7 Å². The summed E-state index contributed by atoms with van der Waals surface area (Å²) in [5, 5.41) is 11.9. The fourth-order valence-electron chi connectivity index (χ4n) is 4.86. The topological polar surface area (TPSA) is 95.2 Å². The number of anilines is 1. The molecule has 35 heavy (non-hydrogen) atoms. The number of carbonyl (C=O) groups is 2. The lowest BCUT2D eigenvalue weighted by Gasteiger charge is -2.30. The number of aromatic nitrogens is 1. The van der Waals surface area contributed by atoms with E-state index in [0.29, 0.717) is 29.9 Å². The minimum absolute atomic E-state index is 0.0347. The van der Waals surface area contributed by atoms with Crippen molar-refractivity contribution >= 4 is 23.6 Å². The molecule has 1 saturated heterocycles. The van der Waals surface area contributed by atoms with Gasteiger partial charge in [0, 0.05) is 43.4 Å². The molecule has 1 N–H and O–H groups in total. The van der Waals surface area contributed by atoms with Crippen molar-refractivity contribution in [3.05, 3.63) is 68.4 Å². The molecule has 8 heteroatoms. The highest BCUT2D eigenvalue weighted by atomic mass is 19.1. The van der Waals surface area contributed by atoms with Gasteiger partial charge >= 0.3 is 0 Å². The van der Waals surface area contributed by atoms with Crippen molar-refractivity contribution in [2.24, 2.45) is 13.0 Å². The second-order valence-corrected chi connectivity index (χ2v) is 9.37. The lowest BCUT2D eigenvalue weighted by atomic mass is 9.96. The summed E-state index contributed by atoms with van der Waals surface area (Å²) in [4.78, 5) is 39.5. The van der Waals surface area contributed by atoms with E-state index in [9.17, 15) is 24.0 Å². The predicted molar refractivity (Wildman–Crippen MR) is 131 cm³/mol. The molecule has 1 aromatic carbocycles. The predicted octanol–water partition coefficient (Wildman–Crippen LogP) is 4.15. The molecule has 0 bridgehead atoms. The maximum atomic E-state index is 14.5. The molecule has 1 aliphatic carbocycles. The van der Waals surface area contributed by atoms with Gasteiger partial charge in [-0.25, -0.2) is 4.39 Å². The monoisotopic (exact) mass is 476 g/mol. The zero-order valence-corrected chi connectivity index (χ0v) is 20.1. The first-order valence-electron chi connectivity index (χ1n) is 12.0. The minimum atomic E-state index is -0.592. The van der Waals surface area contributed by atoms with Crippen LogP contribution in [-0.4, -0.2) is 34.4 Å². The van der Waals surface area contributed by atoms with Gasteiger partial charge in [0.05, 0.1) is 0 Å². The molecule has 182 valence electrons. The van der Waals surface area contributed by atoms with E-state index in [1.165, 1.54) is 25.2 Å². The summed E-state index contributed by atoms with van der Waals surface area (Å²) in [6.45, 7) is 3.14. The summed E-state index contributed by atoms with van der Waals surface area (Å²) in [7, 11) is 1.45. The van der Waals surface area contributed by atoms with E-state index in [0.717, 1.165) is 54.7 Å². The third-order valence-corrected chi connectivity index (χ3v) is 7.08. The number of hydrogen-bond acceptors (Lipinski definition) is 4. The van der Waals surface area contributed by atoms with Crippen molar-refractivity contribution in [1.29, 1.82) is 5.26 Å². The molecule has 0 radical (unpaired) electrons. The molecule has 0 spiro atoms. The van der Waals surface area contributed by atoms with E-state index in [-0.39, 0.29) is 23.1 Å². The van der Waals surface area contributed by atoms with Crippen molar-refractivity contribution in [2.45, 2.75) is 45.4 Å². The molecule has 1 saturated carbocycles. The van der Waals surface area contributed by atoms with E-state index < -0.39 is 17.3 Å². The molecule has 2 aliphatic rings. The van der Waals surface area contributed by atoms with Gasteiger partial charge in [0.15, 0.2) is 0 Å². The van der Waals surface area contributed by atoms with Crippen molar-refractivity contribution in [1.82, 2.24) is 9.47 Å². The molecular formula is C27H29FN4O3. The van der Waals surface area contributed by atoms with Crippen molar-refractivity contribution in [2.75, 3.05) is 18.4 Å². The Morgan fingerprint density at radius 3 is 2.49 bits per heavy atom. The highest BCUT2D eigenvalue weighted by molar-refractivity contribution is 6.05. The van der Waals surface area contributed by atoms with Gasteiger partial charge in [0.25, 0.3) is 11.5 Å². The number of carbonyl (C=O) groups excluding carboxylic acids is 2. The molecule has 7 nitrogen and oxygen atoms in total. The Morgan fingerprint density at radius 1 is 1.14 bits per heavy atom. The smallest absolute Gasteiger partial charge is 0.255 e. The first-order chi connectivity index (χ1) is 16.8. The Morgan fingerprint density at radius 2 is 1.83 bits per heavy atom. The molecule has 2 fully saturated rings. The third-order valence-electron chi connectivity index (χ3n) is 7.08. The number of halogens is 1. The van der Waals surface area contributed by atoms with Gasteiger partial charge in [-0.2, -0.15) is 5.26 Å². The van der Waals surface area contributed by atoms with Gasteiger partial charge in [0.1, 0.15) is 17.6 Å². The summed E-state index contributed by atoms with van der Waals surface area (Å²) < 4.78 is 15.6. The fraction of sp³-hybridized carbons (Fsp3) is 0.407. The molecule has 2 aromatic rings. The van der Waals surface area contributed by atoms with E-state index in [4.69, 9.17) is 0 Å². The first-order valence-corrected chi connectivity index (χ1v) is 12.0. The molecule has 0 unspecified atom stereocenters. The second-order valence-electron chi connectivity index (χ2n) is 9.37. The number of benzene rings is 1. The Kier molecular flexibility index (Phi) is 7.15. The molecule has 0 atom stereocenters. The maximum Gasteiger partial charge on any atom is 0.255 e. The van der Waals surface area contributed by atoms with Gasteiger partial charge in [-0.3, -0.25) is 14.4 Å². The summed E-state index contributed by atoms with van der Waals surface area (Å²) >= 11 is 0. The number of amides is 2. The first kappa shape index (κ1) is 24.4. The average Bonchev–Trinajstić information content (AvgIpc) is 3.38. The van der Waals surface area contributed by atoms with Gasteiger partial charge in [0.2, 0.25) is 5.91 Å². The number of pyridine rings is 1.